The Bertz CT molecular complexity index is 512. The number of aliphatic hydroxyl groups is 2. The summed E-state index contributed by atoms with van der Waals surface area (Å²) >= 11 is 0. The SMILES string of the molecule is CNC1C(O)C(OC2OC(C(C)N)CCC2NC(=O)CN)C(N)C(O)C1OC. The lowest BCUT2D eigenvalue weighted by Gasteiger charge is -2.48. The van der Waals surface area contributed by atoms with E-state index in [1.54, 1.807) is 7.05 Å². The Balaban J connectivity index is 2.19. The topological polar surface area (TPSA) is 187 Å². The lowest BCUT2D eigenvalue weighted by atomic mass is 9.81. The molecule has 1 aliphatic carbocycles. The fraction of sp³-hybridized carbons (Fsp3) is 0.941. The molecule has 2 fully saturated rings. The highest BCUT2D eigenvalue weighted by atomic mass is 16.7. The minimum absolute atomic E-state index is 0.165. The number of methoxy groups -OCH3 is 1. The van der Waals surface area contributed by atoms with Gasteiger partial charge in [0, 0.05) is 13.2 Å². The highest BCUT2D eigenvalue weighted by Crippen LogP contribution is 2.29. The number of ether oxygens (including phenoxy) is 3. The highest BCUT2D eigenvalue weighted by Gasteiger charge is 2.50. The van der Waals surface area contributed by atoms with E-state index in [4.69, 9.17) is 31.4 Å². The second kappa shape index (κ2) is 10.2. The van der Waals surface area contributed by atoms with Gasteiger partial charge < -0.3 is 52.3 Å². The Kier molecular flexibility index (Phi) is 8.55. The summed E-state index contributed by atoms with van der Waals surface area (Å²) < 4.78 is 17.3. The third kappa shape index (κ3) is 4.99. The number of rotatable bonds is 7. The van der Waals surface area contributed by atoms with Gasteiger partial charge in [-0.15, -0.1) is 0 Å². The molecule has 2 aliphatic rings. The van der Waals surface area contributed by atoms with E-state index in [2.05, 4.69) is 10.6 Å². The number of nitrogens with one attached hydrogen (secondary N) is 2. The van der Waals surface area contributed by atoms with Crippen molar-refractivity contribution in [1.82, 2.24) is 10.6 Å². The number of carbonyl (C=O) groups excluding carboxylic acids is 1. The summed E-state index contributed by atoms with van der Waals surface area (Å²) in [6, 6.07) is -2.24. The van der Waals surface area contributed by atoms with E-state index in [0.717, 1.165) is 0 Å². The molecule has 0 aromatic heterocycles. The number of likely N-dealkylation sites (N-methyl/N-ethyl adjacent to an activating group) is 1. The van der Waals surface area contributed by atoms with Crippen molar-refractivity contribution in [3.05, 3.63) is 0 Å². The largest absolute Gasteiger partial charge is 0.389 e. The van der Waals surface area contributed by atoms with Crippen LogP contribution in [0.25, 0.3) is 0 Å². The molecule has 1 aliphatic heterocycles. The maximum Gasteiger partial charge on any atom is 0.234 e. The average Bonchev–Trinajstić information content (AvgIpc) is 2.68. The second-order valence-electron chi connectivity index (χ2n) is 7.53. The number of carbonyl (C=O) groups is 1. The predicted molar refractivity (Wildman–Crippen MR) is 101 cm³/mol. The van der Waals surface area contributed by atoms with Crippen molar-refractivity contribution in [2.24, 2.45) is 17.2 Å². The number of aliphatic hydroxyl groups excluding tert-OH is 2. The Hall–Kier alpha value is -0.890. The van der Waals surface area contributed by atoms with Gasteiger partial charge in [0.05, 0.1) is 43.0 Å². The highest BCUT2D eigenvalue weighted by molar-refractivity contribution is 5.78. The first-order valence-electron chi connectivity index (χ1n) is 9.62. The number of nitrogens with two attached hydrogens (primary N) is 3. The molecule has 1 amide bonds. The standard InChI is InChI=1S/C17H35N5O6/c1-7(19)9-5-4-8(22-10(23)6-18)17(27-9)28-15-11(20)13(24)16(26-3)12(21-2)14(15)25/h7-9,11-17,21,24-25H,4-6,18-20H2,1-3H3,(H,22,23). The van der Waals surface area contributed by atoms with Gasteiger partial charge in [-0.1, -0.05) is 0 Å². The van der Waals surface area contributed by atoms with Gasteiger partial charge in [-0.05, 0) is 26.8 Å². The second-order valence-corrected chi connectivity index (χ2v) is 7.53. The summed E-state index contributed by atoms with van der Waals surface area (Å²) in [5.41, 5.74) is 17.5. The summed E-state index contributed by atoms with van der Waals surface area (Å²) in [7, 11) is 3.09. The number of hydrogen-bond donors (Lipinski definition) is 7. The molecule has 11 heteroatoms. The van der Waals surface area contributed by atoms with E-state index in [1.165, 1.54) is 7.11 Å². The maximum atomic E-state index is 11.8. The quantitative estimate of drug-likeness (QED) is 0.222. The van der Waals surface area contributed by atoms with Crippen LogP contribution in [0, 0.1) is 0 Å². The fourth-order valence-corrected chi connectivity index (χ4v) is 3.93. The van der Waals surface area contributed by atoms with Crippen LogP contribution in [0.5, 0.6) is 0 Å². The van der Waals surface area contributed by atoms with Gasteiger partial charge in [0.2, 0.25) is 5.91 Å². The number of amides is 1. The molecule has 10 atom stereocenters. The average molecular weight is 405 g/mol. The van der Waals surface area contributed by atoms with Crippen LogP contribution < -0.4 is 27.8 Å². The third-order valence-electron chi connectivity index (χ3n) is 5.58. The van der Waals surface area contributed by atoms with Crippen LogP contribution >= 0.6 is 0 Å². The van der Waals surface area contributed by atoms with Gasteiger partial charge in [0.1, 0.15) is 12.2 Å². The maximum absolute atomic E-state index is 11.8. The first kappa shape index (κ1) is 23.4. The van der Waals surface area contributed by atoms with Crippen LogP contribution in [-0.2, 0) is 19.0 Å². The van der Waals surface area contributed by atoms with Crippen molar-refractivity contribution in [3.8, 4) is 0 Å². The molecule has 164 valence electrons. The Morgan fingerprint density at radius 1 is 1.29 bits per heavy atom. The monoisotopic (exact) mass is 405 g/mol. The van der Waals surface area contributed by atoms with Crippen molar-refractivity contribution in [2.45, 2.75) is 80.7 Å². The van der Waals surface area contributed by atoms with Gasteiger partial charge >= 0.3 is 0 Å². The zero-order valence-electron chi connectivity index (χ0n) is 16.7. The van der Waals surface area contributed by atoms with Crippen LogP contribution in [0.1, 0.15) is 19.8 Å². The Morgan fingerprint density at radius 2 is 1.96 bits per heavy atom. The third-order valence-corrected chi connectivity index (χ3v) is 5.58. The molecule has 0 radical (unpaired) electrons. The zero-order chi connectivity index (χ0) is 21.0. The van der Waals surface area contributed by atoms with Crippen molar-refractivity contribution >= 4 is 5.91 Å². The molecule has 0 aromatic rings. The van der Waals surface area contributed by atoms with Gasteiger partial charge in [-0.3, -0.25) is 4.79 Å². The van der Waals surface area contributed by atoms with Crippen LogP contribution in [0.4, 0.5) is 0 Å². The van der Waals surface area contributed by atoms with Crippen molar-refractivity contribution < 1.29 is 29.2 Å². The molecule has 1 saturated heterocycles. The first-order valence-corrected chi connectivity index (χ1v) is 9.62. The summed E-state index contributed by atoms with van der Waals surface area (Å²) in [4.78, 5) is 11.8. The Morgan fingerprint density at radius 3 is 2.50 bits per heavy atom. The van der Waals surface area contributed by atoms with Crippen LogP contribution in [0.2, 0.25) is 0 Å². The van der Waals surface area contributed by atoms with Gasteiger partial charge in [-0.2, -0.15) is 0 Å². The summed E-state index contributed by atoms with van der Waals surface area (Å²) in [5.74, 6) is -0.345. The Labute approximate surface area is 165 Å². The van der Waals surface area contributed by atoms with E-state index in [9.17, 15) is 15.0 Å². The molecule has 0 bridgehead atoms. The smallest absolute Gasteiger partial charge is 0.234 e. The van der Waals surface area contributed by atoms with E-state index in [1.807, 2.05) is 6.92 Å². The van der Waals surface area contributed by atoms with Gasteiger partial charge in [0.25, 0.3) is 0 Å². The molecule has 28 heavy (non-hydrogen) atoms. The minimum atomic E-state index is -1.07. The molecule has 1 saturated carbocycles. The van der Waals surface area contributed by atoms with Crippen LogP contribution in [0.3, 0.4) is 0 Å². The normalized spacial score (nSPS) is 42.8. The van der Waals surface area contributed by atoms with E-state index in [-0.39, 0.29) is 24.6 Å². The molecule has 0 aromatic carbocycles. The van der Waals surface area contributed by atoms with E-state index in [0.29, 0.717) is 12.8 Å². The summed E-state index contributed by atoms with van der Waals surface area (Å²) in [6.07, 6.45) is -3.75. The molecule has 11 nitrogen and oxygen atoms in total. The van der Waals surface area contributed by atoms with E-state index >= 15 is 0 Å². The lowest BCUT2D eigenvalue weighted by molar-refractivity contribution is -0.265. The van der Waals surface area contributed by atoms with Gasteiger partial charge in [0.15, 0.2) is 6.29 Å². The van der Waals surface area contributed by atoms with Crippen LogP contribution in [-0.4, -0.2) is 97.8 Å². The van der Waals surface area contributed by atoms with E-state index < -0.39 is 48.8 Å². The fourth-order valence-electron chi connectivity index (χ4n) is 3.93. The van der Waals surface area contributed by atoms with Crippen molar-refractivity contribution in [3.63, 3.8) is 0 Å². The predicted octanol–water partition coefficient (Wildman–Crippen LogP) is -3.67. The van der Waals surface area contributed by atoms with Gasteiger partial charge in [-0.25, -0.2) is 0 Å². The molecule has 10 unspecified atom stereocenters. The molecule has 1 heterocycles. The summed E-state index contributed by atoms with van der Waals surface area (Å²) in [6.45, 7) is 1.66. The summed E-state index contributed by atoms with van der Waals surface area (Å²) in [5, 5.41) is 27.0. The van der Waals surface area contributed by atoms with Crippen molar-refractivity contribution in [1.29, 1.82) is 0 Å². The minimum Gasteiger partial charge on any atom is -0.389 e. The first-order chi connectivity index (χ1) is 13.2. The van der Waals surface area contributed by atoms with Crippen LogP contribution in [0.15, 0.2) is 0 Å². The molecular weight excluding hydrogens is 370 g/mol. The lowest BCUT2D eigenvalue weighted by Crippen LogP contribution is -2.71. The molecule has 10 N–H and O–H groups in total. The zero-order valence-corrected chi connectivity index (χ0v) is 16.7. The number of hydrogen-bond acceptors (Lipinski definition) is 10. The van der Waals surface area contributed by atoms with Crippen molar-refractivity contribution in [2.75, 3.05) is 20.7 Å². The molecule has 2 rings (SSSR count). The molecule has 0 spiro atoms. The molecular formula is C17H35N5O6.